The van der Waals surface area contributed by atoms with Crippen molar-refractivity contribution in [1.82, 2.24) is 4.98 Å². The number of nitrogens with one attached hydrogen (secondary N) is 1. The van der Waals surface area contributed by atoms with E-state index in [1.807, 2.05) is 12.1 Å². The highest BCUT2D eigenvalue weighted by Crippen LogP contribution is 2.43. The molecule has 0 bridgehead atoms. The Hall–Kier alpha value is -1.77. The van der Waals surface area contributed by atoms with E-state index in [0.717, 1.165) is 6.42 Å². The first-order chi connectivity index (χ1) is 10.0. The maximum absolute atomic E-state index is 13.3. The Kier molecular flexibility index (Phi) is 3.52. The van der Waals surface area contributed by atoms with E-state index in [9.17, 15) is 4.39 Å². The molecule has 2 aromatic rings. The lowest BCUT2D eigenvalue weighted by Crippen LogP contribution is -2.52. The van der Waals surface area contributed by atoms with Crippen LogP contribution in [0.3, 0.4) is 0 Å². The Morgan fingerprint density at radius 3 is 2.62 bits per heavy atom. The fraction of sp³-hybridized carbons (Fsp3) is 0.444. The lowest BCUT2D eigenvalue weighted by molar-refractivity contribution is 0.297. The van der Waals surface area contributed by atoms with Crippen LogP contribution in [0.2, 0.25) is 0 Å². The Balaban J connectivity index is 2.06. The maximum Gasteiger partial charge on any atom is 0.123 e. The van der Waals surface area contributed by atoms with Crippen LogP contribution >= 0.6 is 0 Å². The smallest absolute Gasteiger partial charge is 0.123 e. The van der Waals surface area contributed by atoms with Gasteiger partial charge >= 0.3 is 0 Å². The molecule has 3 heteroatoms. The summed E-state index contributed by atoms with van der Waals surface area (Å²) in [6.45, 7) is 6.63. The Morgan fingerprint density at radius 1 is 1.29 bits per heavy atom. The van der Waals surface area contributed by atoms with Crippen LogP contribution in [-0.4, -0.2) is 11.0 Å². The average Bonchev–Trinajstić information content (AvgIpc) is 2.85. The Morgan fingerprint density at radius 2 is 2.00 bits per heavy atom. The number of anilines is 1. The summed E-state index contributed by atoms with van der Waals surface area (Å²) < 4.78 is 13.3. The second kappa shape index (κ2) is 5.21. The summed E-state index contributed by atoms with van der Waals surface area (Å²) in [5.41, 5.74) is 3.50. The maximum atomic E-state index is 13.3. The van der Waals surface area contributed by atoms with Crippen molar-refractivity contribution in [3.63, 3.8) is 0 Å². The van der Waals surface area contributed by atoms with E-state index in [4.69, 9.17) is 0 Å². The Labute approximate surface area is 126 Å². The predicted octanol–water partition coefficient (Wildman–Crippen LogP) is 4.76. The number of aromatic nitrogens is 1. The average molecular weight is 286 g/mol. The van der Waals surface area contributed by atoms with Crippen LogP contribution in [0.25, 0.3) is 0 Å². The van der Waals surface area contributed by atoms with E-state index in [2.05, 4.69) is 42.9 Å². The number of aryl methyl sites for hydroxylation is 1. The quantitative estimate of drug-likeness (QED) is 0.843. The van der Waals surface area contributed by atoms with E-state index < -0.39 is 0 Å². The summed E-state index contributed by atoms with van der Waals surface area (Å²) in [5, 5.41) is 0. The number of aromatic amines is 1. The van der Waals surface area contributed by atoms with Crippen molar-refractivity contribution in [2.24, 2.45) is 0 Å². The van der Waals surface area contributed by atoms with Gasteiger partial charge in [-0.3, -0.25) is 0 Å². The molecule has 2 unspecified atom stereocenters. The molecule has 2 heterocycles. The van der Waals surface area contributed by atoms with Crippen LogP contribution in [0.5, 0.6) is 0 Å². The standard InChI is InChI=1S/C18H23FN2/c1-13-11-17(12-20-13)21-14(2)5-4-10-18(21,3)15-6-8-16(19)9-7-15/h6-9,11-12,14,20H,4-5,10H2,1-3H3. The molecule has 1 N–H and O–H groups in total. The van der Waals surface area contributed by atoms with Crippen molar-refractivity contribution >= 4 is 5.69 Å². The predicted molar refractivity (Wildman–Crippen MR) is 85.1 cm³/mol. The van der Waals surface area contributed by atoms with Crippen molar-refractivity contribution in [3.8, 4) is 0 Å². The molecule has 0 saturated carbocycles. The zero-order valence-corrected chi connectivity index (χ0v) is 13.0. The first-order valence-electron chi connectivity index (χ1n) is 7.71. The third-order valence-corrected chi connectivity index (χ3v) is 4.81. The van der Waals surface area contributed by atoms with Gasteiger partial charge in [-0.05, 0) is 63.8 Å². The van der Waals surface area contributed by atoms with Gasteiger partial charge < -0.3 is 9.88 Å². The van der Waals surface area contributed by atoms with E-state index in [-0.39, 0.29) is 11.4 Å². The van der Waals surface area contributed by atoms with Gasteiger partial charge in [0, 0.05) is 17.9 Å². The van der Waals surface area contributed by atoms with Gasteiger partial charge in [-0.15, -0.1) is 0 Å². The molecule has 1 saturated heterocycles. The number of nitrogens with zero attached hydrogens (tertiary/aromatic N) is 1. The molecule has 0 aliphatic carbocycles. The van der Waals surface area contributed by atoms with Gasteiger partial charge in [0.15, 0.2) is 0 Å². The molecule has 112 valence electrons. The second-order valence-electron chi connectivity index (χ2n) is 6.43. The fourth-order valence-corrected chi connectivity index (χ4v) is 3.74. The molecule has 21 heavy (non-hydrogen) atoms. The van der Waals surface area contributed by atoms with Gasteiger partial charge in [0.05, 0.1) is 11.2 Å². The SMILES string of the molecule is Cc1cc(N2C(C)CCCC2(C)c2ccc(F)cc2)c[nH]1. The van der Waals surface area contributed by atoms with Crippen LogP contribution < -0.4 is 4.90 Å². The van der Waals surface area contributed by atoms with Crippen LogP contribution in [-0.2, 0) is 5.54 Å². The van der Waals surface area contributed by atoms with Gasteiger partial charge in [0.2, 0.25) is 0 Å². The molecule has 1 aromatic heterocycles. The molecule has 0 spiro atoms. The number of hydrogen-bond acceptors (Lipinski definition) is 1. The van der Waals surface area contributed by atoms with Gasteiger partial charge in [-0.2, -0.15) is 0 Å². The van der Waals surface area contributed by atoms with Crippen molar-refractivity contribution in [1.29, 1.82) is 0 Å². The van der Waals surface area contributed by atoms with Gasteiger partial charge in [0.1, 0.15) is 5.82 Å². The highest BCUT2D eigenvalue weighted by Gasteiger charge is 2.39. The van der Waals surface area contributed by atoms with Crippen LogP contribution in [0, 0.1) is 12.7 Å². The van der Waals surface area contributed by atoms with E-state index >= 15 is 0 Å². The molecule has 0 radical (unpaired) electrons. The molecule has 2 atom stereocenters. The zero-order valence-electron chi connectivity index (χ0n) is 13.0. The summed E-state index contributed by atoms with van der Waals surface area (Å²) in [4.78, 5) is 5.78. The third kappa shape index (κ3) is 2.45. The largest absolute Gasteiger partial charge is 0.363 e. The zero-order chi connectivity index (χ0) is 15.0. The summed E-state index contributed by atoms with van der Waals surface area (Å²) in [6, 6.07) is 9.67. The number of rotatable bonds is 2. The monoisotopic (exact) mass is 286 g/mol. The number of piperidine rings is 1. The van der Waals surface area contributed by atoms with Crippen molar-refractivity contribution in [2.45, 2.75) is 51.6 Å². The molecule has 1 aromatic carbocycles. The number of halogens is 1. The summed E-state index contributed by atoms with van der Waals surface area (Å²) in [5.74, 6) is -0.171. The molecular formula is C18H23FN2. The van der Waals surface area contributed by atoms with Crippen LogP contribution in [0.4, 0.5) is 10.1 Å². The second-order valence-corrected chi connectivity index (χ2v) is 6.43. The molecule has 1 fully saturated rings. The first-order valence-corrected chi connectivity index (χ1v) is 7.71. The van der Waals surface area contributed by atoms with Gasteiger partial charge in [0.25, 0.3) is 0 Å². The number of hydrogen-bond donors (Lipinski definition) is 1. The normalized spacial score (nSPS) is 26.1. The Bertz CT molecular complexity index is 616. The van der Waals surface area contributed by atoms with E-state index in [1.54, 1.807) is 12.1 Å². The minimum absolute atomic E-state index is 0.0833. The van der Waals surface area contributed by atoms with Crippen LogP contribution in [0.1, 0.15) is 44.4 Å². The summed E-state index contributed by atoms with van der Waals surface area (Å²) >= 11 is 0. The molecular weight excluding hydrogens is 263 g/mol. The minimum Gasteiger partial charge on any atom is -0.363 e. The van der Waals surface area contributed by atoms with Crippen molar-refractivity contribution in [2.75, 3.05) is 4.90 Å². The lowest BCUT2D eigenvalue weighted by atomic mass is 9.79. The van der Waals surface area contributed by atoms with E-state index in [1.165, 1.54) is 29.8 Å². The topological polar surface area (TPSA) is 19.0 Å². The van der Waals surface area contributed by atoms with Crippen LogP contribution in [0.15, 0.2) is 36.5 Å². The molecule has 3 rings (SSSR count). The van der Waals surface area contributed by atoms with Crippen molar-refractivity contribution in [3.05, 3.63) is 53.6 Å². The third-order valence-electron chi connectivity index (χ3n) is 4.81. The van der Waals surface area contributed by atoms with Gasteiger partial charge in [-0.25, -0.2) is 4.39 Å². The fourth-order valence-electron chi connectivity index (χ4n) is 3.74. The number of H-pyrrole nitrogens is 1. The van der Waals surface area contributed by atoms with E-state index in [0.29, 0.717) is 6.04 Å². The highest BCUT2D eigenvalue weighted by molar-refractivity contribution is 5.53. The molecule has 1 aliphatic rings. The highest BCUT2D eigenvalue weighted by atomic mass is 19.1. The molecule has 1 aliphatic heterocycles. The first kappa shape index (κ1) is 14.2. The summed E-state index contributed by atoms with van der Waals surface area (Å²) in [7, 11) is 0. The number of benzene rings is 1. The molecule has 0 amide bonds. The lowest BCUT2D eigenvalue weighted by Gasteiger charge is -2.50. The summed E-state index contributed by atoms with van der Waals surface area (Å²) in [6.07, 6.45) is 5.57. The molecule has 2 nitrogen and oxygen atoms in total. The van der Waals surface area contributed by atoms with Gasteiger partial charge in [-0.1, -0.05) is 12.1 Å². The van der Waals surface area contributed by atoms with Crippen molar-refractivity contribution < 1.29 is 4.39 Å². The minimum atomic E-state index is -0.171.